The molecule has 0 aliphatic carbocycles. The lowest BCUT2D eigenvalue weighted by Gasteiger charge is -2.37. The minimum Gasteiger partial charge on any atom is -0.508 e. The summed E-state index contributed by atoms with van der Waals surface area (Å²) in [4.78, 5) is 40.8. The van der Waals surface area contributed by atoms with E-state index in [0.29, 0.717) is 30.0 Å². The minimum absolute atomic E-state index is 0.0123. The number of carboxylic acids is 1. The summed E-state index contributed by atoms with van der Waals surface area (Å²) in [7, 11) is -4.08. The van der Waals surface area contributed by atoms with Crippen LogP contribution >= 0.6 is 11.8 Å². The second-order valence-corrected chi connectivity index (χ2v) is 15.2. The SMILES string of the molecule is C=C(/C=C\C(O)=C/C)[C@@H](NC(=O)COc1cc2c(cc1SC)N(c1ccccc1)CC(CCCC)(CCCC)NS2(=O)=O)C(=O)N[C@@H](CC)C(=O)O. The van der Waals surface area contributed by atoms with E-state index in [9.17, 15) is 33.0 Å². The highest BCUT2D eigenvalue weighted by molar-refractivity contribution is 7.98. The molecule has 1 heterocycles. The normalized spacial score (nSPS) is 16.3. The van der Waals surface area contributed by atoms with E-state index in [2.05, 4.69) is 35.8 Å². The number of nitrogens with zero attached hydrogens (tertiary/aromatic N) is 1. The highest BCUT2D eigenvalue weighted by Crippen LogP contribution is 2.44. The second kappa shape index (κ2) is 19.5. The van der Waals surface area contributed by atoms with E-state index in [1.807, 2.05) is 41.5 Å². The van der Waals surface area contributed by atoms with Crippen LogP contribution in [0.4, 0.5) is 11.4 Å². The number of carbonyl (C=O) groups is 3. The smallest absolute Gasteiger partial charge is 0.326 e. The first-order chi connectivity index (χ1) is 24.7. The van der Waals surface area contributed by atoms with Crippen molar-refractivity contribution < 1.29 is 37.8 Å². The van der Waals surface area contributed by atoms with Gasteiger partial charge in [0.1, 0.15) is 28.5 Å². The summed E-state index contributed by atoms with van der Waals surface area (Å²) in [5.74, 6) is -2.76. The predicted octanol–water partition coefficient (Wildman–Crippen LogP) is 6.37. The first-order valence-corrected chi connectivity index (χ1v) is 20.2. The molecule has 5 N–H and O–H groups in total. The molecule has 1 aliphatic heterocycles. The third-order valence-corrected chi connectivity index (χ3v) is 11.2. The van der Waals surface area contributed by atoms with Crippen LogP contribution in [0, 0.1) is 0 Å². The number of hydrogen-bond donors (Lipinski definition) is 5. The summed E-state index contributed by atoms with van der Waals surface area (Å²) in [6.07, 6.45) is 10.8. The number of benzene rings is 2. The topological polar surface area (TPSA) is 174 Å². The quantitative estimate of drug-likeness (QED) is 0.0615. The molecule has 0 radical (unpaired) electrons. The number of aliphatic carboxylic acids is 1. The molecule has 0 bridgehead atoms. The number of anilines is 2. The number of carboxylic acid groups (broad SMARTS) is 1. The molecule has 0 saturated carbocycles. The average Bonchev–Trinajstić information content (AvgIpc) is 3.23. The average molecular weight is 757 g/mol. The van der Waals surface area contributed by atoms with Crippen molar-refractivity contribution in [2.45, 2.75) is 100 Å². The Bertz CT molecular complexity index is 1740. The number of unbranched alkanes of at least 4 members (excludes halogenated alkanes) is 2. The van der Waals surface area contributed by atoms with Gasteiger partial charge in [0.05, 0.1) is 16.1 Å². The number of aliphatic hydroxyl groups excluding tert-OH is 1. The molecule has 3 rings (SSSR count). The number of sulfonamides is 1. The standard InChI is InChI=1S/C38H52N4O8S2/c1-7-11-20-38(21-12-8-2)25-42(27-16-14-13-15-17-27)30-22-32(51-6)31(23-33(30)52(48,49)41-38)50-24-34(44)40-35(26(5)18-19-28(43)9-3)36(45)39-29(10-4)37(46)47/h9,13-19,22-23,29,35,41,43H,5,7-8,10-12,20-21,24-25H2,1-4,6H3,(H,39,45)(H,40,44)(H,46,47)/b19-18-,28-9+/t29-,35+/m0/s1. The van der Waals surface area contributed by atoms with Crippen LogP contribution in [0.2, 0.25) is 0 Å². The molecular weight excluding hydrogens is 705 g/mol. The number of thioether (sulfide) groups is 1. The molecule has 14 heteroatoms. The number of carbonyl (C=O) groups excluding carboxylic acids is 2. The first kappa shape index (κ1) is 42.1. The molecule has 2 amide bonds. The van der Waals surface area contributed by atoms with Crippen molar-refractivity contribution in [3.05, 3.63) is 78.6 Å². The maximum absolute atomic E-state index is 14.3. The zero-order valence-electron chi connectivity index (χ0n) is 30.6. The first-order valence-electron chi connectivity index (χ1n) is 17.5. The summed E-state index contributed by atoms with van der Waals surface area (Å²) >= 11 is 1.33. The van der Waals surface area contributed by atoms with E-state index in [-0.39, 0.29) is 28.4 Å². The maximum atomic E-state index is 14.3. The summed E-state index contributed by atoms with van der Waals surface area (Å²) in [5, 5.41) is 24.2. The molecule has 52 heavy (non-hydrogen) atoms. The van der Waals surface area contributed by atoms with E-state index in [1.165, 1.54) is 36.1 Å². The van der Waals surface area contributed by atoms with Crippen molar-refractivity contribution in [1.82, 2.24) is 15.4 Å². The van der Waals surface area contributed by atoms with Gasteiger partial charge in [-0.25, -0.2) is 17.9 Å². The number of allylic oxidation sites excluding steroid dienone is 2. The number of para-hydroxylation sites is 1. The van der Waals surface area contributed by atoms with E-state index in [1.54, 1.807) is 19.9 Å². The molecular formula is C38H52N4O8S2. The van der Waals surface area contributed by atoms with Crippen molar-refractivity contribution in [1.29, 1.82) is 0 Å². The van der Waals surface area contributed by atoms with Gasteiger partial charge in [0, 0.05) is 18.3 Å². The molecule has 2 aromatic rings. The molecule has 2 atom stereocenters. The van der Waals surface area contributed by atoms with Gasteiger partial charge in [0.25, 0.3) is 5.91 Å². The van der Waals surface area contributed by atoms with Gasteiger partial charge in [-0.15, -0.1) is 11.8 Å². The van der Waals surface area contributed by atoms with Gasteiger partial charge in [-0.1, -0.05) is 77.3 Å². The summed E-state index contributed by atoms with van der Waals surface area (Å²) < 4.78 is 37.6. The van der Waals surface area contributed by atoms with Crippen molar-refractivity contribution >= 4 is 50.9 Å². The van der Waals surface area contributed by atoms with E-state index >= 15 is 0 Å². The Balaban J connectivity index is 2.01. The molecule has 0 spiro atoms. The fraction of sp³-hybridized carbons (Fsp3) is 0.447. The van der Waals surface area contributed by atoms with E-state index < -0.39 is 52.0 Å². The van der Waals surface area contributed by atoms with Crippen LogP contribution in [-0.4, -0.2) is 73.4 Å². The Hall–Kier alpha value is -4.27. The van der Waals surface area contributed by atoms with Crippen LogP contribution < -0.4 is 25.0 Å². The van der Waals surface area contributed by atoms with E-state index in [0.717, 1.165) is 31.4 Å². The fourth-order valence-electron chi connectivity index (χ4n) is 5.89. The Kier molecular flexibility index (Phi) is 15.8. The number of nitrogens with one attached hydrogen (secondary N) is 3. The number of amides is 2. The lowest BCUT2D eigenvalue weighted by atomic mass is 9.87. The van der Waals surface area contributed by atoms with Gasteiger partial charge in [0.2, 0.25) is 15.9 Å². The van der Waals surface area contributed by atoms with Gasteiger partial charge in [-0.05, 0) is 68.4 Å². The minimum atomic E-state index is -4.08. The number of fused-ring (bicyclic) bond motifs is 1. The Morgan fingerprint density at radius 1 is 1.06 bits per heavy atom. The van der Waals surface area contributed by atoms with Gasteiger partial charge in [-0.2, -0.15) is 0 Å². The maximum Gasteiger partial charge on any atom is 0.326 e. The molecule has 2 aromatic carbocycles. The third-order valence-electron chi connectivity index (χ3n) is 8.81. The van der Waals surface area contributed by atoms with Crippen molar-refractivity contribution in [3.8, 4) is 5.75 Å². The van der Waals surface area contributed by atoms with Crippen molar-refractivity contribution in [2.24, 2.45) is 0 Å². The summed E-state index contributed by atoms with van der Waals surface area (Å²) in [5.41, 5.74) is 0.674. The number of aliphatic hydroxyl groups is 1. The van der Waals surface area contributed by atoms with Crippen LogP contribution in [-0.2, 0) is 24.4 Å². The van der Waals surface area contributed by atoms with Crippen LogP contribution in [0.5, 0.6) is 5.75 Å². The zero-order chi connectivity index (χ0) is 38.5. The van der Waals surface area contributed by atoms with Crippen LogP contribution in [0.1, 0.15) is 72.6 Å². The van der Waals surface area contributed by atoms with Crippen LogP contribution in [0.3, 0.4) is 0 Å². The van der Waals surface area contributed by atoms with Gasteiger partial charge >= 0.3 is 5.97 Å². The molecule has 0 saturated heterocycles. The van der Waals surface area contributed by atoms with Crippen molar-refractivity contribution in [2.75, 3.05) is 24.3 Å². The predicted molar refractivity (Wildman–Crippen MR) is 206 cm³/mol. The van der Waals surface area contributed by atoms with Gasteiger partial charge in [-0.3, -0.25) is 9.59 Å². The molecule has 284 valence electrons. The highest BCUT2D eigenvalue weighted by Gasteiger charge is 2.42. The third kappa shape index (κ3) is 11.1. The largest absolute Gasteiger partial charge is 0.508 e. The Morgan fingerprint density at radius 3 is 2.27 bits per heavy atom. The van der Waals surface area contributed by atoms with E-state index in [4.69, 9.17) is 4.74 Å². The summed E-state index contributed by atoms with van der Waals surface area (Å²) in [6, 6.07) is 10.2. The highest BCUT2D eigenvalue weighted by atomic mass is 32.2. The number of hydrogen-bond acceptors (Lipinski definition) is 9. The lowest BCUT2D eigenvalue weighted by molar-refractivity contribution is -0.142. The molecule has 12 nitrogen and oxygen atoms in total. The van der Waals surface area contributed by atoms with Gasteiger partial charge in [0.15, 0.2) is 6.61 Å². The Morgan fingerprint density at radius 2 is 1.71 bits per heavy atom. The molecule has 0 fully saturated rings. The van der Waals surface area contributed by atoms with Crippen LogP contribution in [0.15, 0.2) is 88.4 Å². The molecule has 0 unspecified atom stereocenters. The zero-order valence-corrected chi connectivity index (χ0v) is 32.2. The molecule has 1 aliphatic rings. The fourth-order valence-corrected chi connectivity index (χ4v) is 8.10. The number of rotatable bonds is 19. The number of ether oxygens (including phenoxy) is 1. The Labute approximate surface area is 311 Å². The van der Waals surface area contributed by atoms with Crippen molar-refractivity contribution in [3.63, 3.8) is 0 Å². The lowest BCUT2D eigenvalue weighted by Crippen LogP contribution is -2.53. The second-order valence-electron chi connectivity index (χ2n) is 12.7. The van der Waals surface area contributed by atoms with Gasteiger partial charge < -0.3 is 30.5 Å². The summed E-state index contributed by atoms with van der Waals surface area (Å²) in [6.45, 7) is 11.0. The molecule has 0 aromatic heterocycles. The monoisotopic (exact) mass is 756 g/mol. The van der Waals surface area contributed by atoms with Crippen LogP contribution in [0.25, 0.3) is 0 Å².